The van der Waals surface area contributed by atoms with Gasteiger partial charge < -0.3 is 5.73 Å². The molecule has 4 aromatic rings. The Morgan fingerprint density at radius 3 is 2.32 bits per heavy atom. The van der Waals surface area contributed by atoms with Gasteiger partial charge in [-0.05, 0) is 47.7 Å². The molecular formula is C25H22N4O2. The number of fused-ring (bicyclic) bond motifs is 1. The van der Waals surface area contributed by atoms with E-state index in [1.807, 2.05) is 48.5 Å². The van der Waals surface area contributed by atoms with Crippen LogP contribution in [0.2, 0.25) is 0 Å². The van der Waals surface area contributed by atoms with Crippen molar-refractivity contribution in [2.75, 3.05) is 12.3 Å². The molecule has 0 saturated heterocycles. The predicted molar refractivity (Wildman–Crippen MR) is 121 cm³/mol. The first-order valence-corrected chi connectivity index (χ1v) is 9.98. The number of nitrogens with one attached hydrogen (secondary N) is 1. The molecule has 6 heteroatoms. The van der Waals surface area contributed by atoms with Gasteiger partial charge in [0.15, 0.2) is 0 Å². The molecule has 31 heavy (non-hydrogen) atoms. The van der Waals surface area contributed by atoms with E-state index in [2.05, 4.69) is 10.4 Å². The minimum absolute atomic E-state index is 0.271. The van der Waals surface area contributed by atoms with Crippen molar-refractivity contribution in [3.8, 4) is 0 Å². The molecule has 0 aliphatic rings. The summed E-state index contributed by atoms with van der Waals surface area (Å²) >= 11 is 0. The number of hydrogen-bond acceptors (Lipinski definition) is 4. The number of nitrogen functional groups attached to an aromatic ring is 1. The van der Waals surface area contributed by atoms with Crippen LogP contribution in [-0.4, -0.2) is 28.4 Å². The van der Waals surface area contributed by atoms with E-state index in [0.717, 1.165) is 10.9 Å². The molecular weight excluding hydrogens is 388 g/mol. The van der Waals surface area contributed by atoms with Crippen LogP contribution in [0, 0.1) is 0 Å². The van der Waals surface area contributed by atoms with Crippen molar-refractivity contribution < 1.29 is 9.59 Å². The summed E-state index contributed by atoms with van der Waals surface area (Å²) in [4.78, 5) is 30.2. The van der Waals surface area contributed by atoms with Gasteiger partial charge in [-0.3, -0.25) is 15.0 Å². The Hall–Kier alpha value is -4.19. The van der Waals surface area contributed by atoms with Gasteiger partial charge >= 0.3 is 0 Å². The number of aromatic nitrogens is 1. The Labute approximate surface area is 180 Å². The van der Waals surface area contributed by atoms with E-state index < -0.39 is 0 Å². The molecule has 6 nitrogen and oxygen atoms in total. The van der Waals surface area contributed by atoms with Crippen molar-refractivity contribution in [3.63, 3.8) is 0 Å². The third-order valence-corrected chi connectivity index (χ3v) is 5.03. The van der Waals surface area contributed by atoms with Crippen LogP contribution in [0.5, 0.6) is 0 Å². The Morgan fingerprint density at radius 1 is 0.871 bits per heavy atom. The Kier molecular flexibility index (Phi) is 5.89. The first-order valence-electron chi connectivity index (χ1n) is 9.98. The van der Waals surface area contributed by atoms with E-state index in [1.54, 1.807) is 42.6 Å². The summed E-state index contributed by atoms with van der Waals surface area (Å²) in [5.41, 5.74) is 10.7. The maximum atomic E-state index is 13.1. The smallest absolute Gasteiger partial charge is 0.272 e. The third-order valence-electron chi connectivity index (χ3n) is 5.03. The molecule has 0 fully saturated rings. The van der Waals surface area contributed by atoms with Gasteiger partial charge in [-0.2, -0.15) is 0 Å². The molecule has 1 aromatic heterocycles. The average molecular weight is 410 g/mol. The van der Waals surface area contributed by atoms with Gasteiger partial charge in [0.2, 0.25) is 0 Å². The zero-order valence-corrected chi connectivity index (χ0v) is 16.9. The number of nitrogens with two attached hydrogens (primary N) is 1. The number of rotatable bonds is 5. The lowest BCUT2D eigenvalue weighted by Gasteiger charge is -2.24. The predicted octanol–water partition coefficient (Wildman–Crippen LogP) is 3.85. The minimum Gasteiger partial charge on any atom is -0.383 e. The number of benzene rings is 3. The van der Waals surface area contributed by atoms with Gasteiger partial charge in [-0.15, -0.1) is 0 Å². The fourth-order valence-corrected chi connectivity index (χ4v) is 3.35. The lowest BCUT2D eigenvalue weighted by molar-refractivity contribution is 0.0585. The van der Waals surface area contributed by atoms with Gasteiger partial charge in [0.25, 0.3) is 11.8 Å². The van der Waals surface area contributed by atoms with Gasteiger partial charge in [-0.25, -0.2) is 9.99 Å². The first kappa shape index (κ1) is 20.1. The Bertz CT molecular complexity index is 1210. The Balaban J connectivity index is 1.58. The van der Waals surface area contributed by atoms with E-state index in [0.29, 0.717) is 35.3 Å². The number of anilines is 1. The van der Waals surface area contributed by atoms with Crippen LogP contribution in [-0.2, 0) is 6.42 Å². The second-order valence-corrected chi connectivity index (χ2v) is 7.13. The second kappa shape index (κ2) is 9.09. The SMILES string of the molecule is Nc1nccc2ccc(C(=O)NN(CCc3ccccc3)C(=O)c3ccccc3)cc12. The van der Waals surface area contributed by atoms with Crippen molar-refractivity contribution in [3.05, 3.63) is 108 Å². The van der Waals surface area contributed by atoms with Crippen LogP contribution >= 0.6 is 0 Å². The van der Waals surface area contributed by atoms with E-state index in [9.17, 15) is 9.59 Å². The lowest BCUT2D eigenvalue weighted by atomic mass is 10.1. The Morgan fingerprint density at radius 2 is 1.58 bits per heavy atom. The van der Waals surface area contributed by atoms with Crippen LogP contribution in [0.15, 0.2) is 91.1 Å². The standard InChI is InChI=1S/C25H22N4O2/c26-23-22-17-21(12-11-19(22)13-15-27-23)24(30)28-29(16-14-18-7-3-1-4-8-18)25(31)20-9-5-2-6-10-20/h1-13,15,17H,14,16H2,(H2,26,27)(H,28,30). The summed E-state index contributed by atoms with van der Waals surface area (Å²) < 4.78 is 0. The van der Waals surface area contributed by atoms with Crippen molar-refractivity contribution >= 4 is 28.4 Å². The summed E-state index contributed by atoms with van der Waals surface area (Å²) in [6.07, 6.45) is 2.23. The average Bonchev–Trinajstić information content (AvgIpc) is 2.82. The fourth-order valence-electron chi connectivity index (χ4n) is 3.35. The fraction of sp³-hybridized carbons (Fsp3) is 0.0800. The third kappa shape index (κ3) is 4.70. The quantitative estimate of drug-likeness (QED) is 0.489. The molecule has 3 N–H and O–H groups in total. The van der Waals surface area contributed by atoms with Gasteiger partial charge in [0.05, 0.1) is 0 Å². The summed E-state index contributed by atoms with van der Waals surface area (Å²) in [6.45, 7) is 0.334. The molecule has 4 rings (SSSR count). The lowest BCUT2D eigenvalue weighted by Crippen LogP contribution is -2.47. The topological polar surface area (TPSA) is 88.3 Å². The number of carbonyl (C=O) groups excluding carboxylic acids is 2. The molecule has 0 radical (unpaired) electrons. The maximum Gasteiger partial charge on any atom is 0.272 e. The number of hydrogen-bond donors (Lipinski definition) is 2. The highest BCUT2D eigenvalue weighted by molar-refractivity contribution is 6.02. The molecule has 0 spiro atoms. The van der Waals surface area contributed by atoms with Crippen LogP contribution in [0.4, 0.5) is 5.82 Å². The molecule has 2 amide bonds. The van der Waals surface area contributed by atoms with Crippen LogP contribution in [0.1, 0.15) is 26.3 Å². The van der Waals surface area contributed by atoms with Crippen molar-refractivity contribution in [2.45, 2.75) is 6.42 Å². The maximum absolute atomic E-state index is 13.1. The number of carbonyl (C=O) groups is 2. The molecule has 154 valence electrons. The van der Waals surface area contributed by atoms with E-state index in [-0.39, 0.29) is 11.8 Å². The number of pyridine rings is 1. The number of amides is 2. The monoisotopic (exact) mass is 410 g/mol. The van der Waals surface area contributed by atoms with E-state index in [1.165, 1.54) is 5.01 Å². The normalized spacial score (nSPS) is 10.6. The molecule has 0 aliphatic heterocycles. The van der Waals surface area contributed by atoms with E-state index in [4.69, 9.17) is 5.73 Å². The van der Waals surface area contributed by atoms with Gasteiger partial charge in [0.1, 0.15) is 5.82 Å². The van der Waals surface area contributed by atoms with Gasteiger partial charge in [0, 0.05) is 29.3 Å². The molecule has 0 aliphatic carbocycles. The minimum atomic E-state index is -0.387. The zero-order chi connectivity index (χ0) is 21.6. The largest absolute Gasteiger partial charge is 0.383 e. The van der Waals surface area contributed by atoms with Crippen LogP contribution in [0.3, 0.4) is 0 Å². The van der Waals surface area contributed by atoms with E-state index >= 15 is 0 Å². The van der Waals surface area contributed by atoms with Gasteiger partial charge in [-0.1, -0.05) is 54.6 Å². The number of nitrogens with zero attached hydrogens (tertiary/aromatic N) is 2. The van der Waals surface area contributed by atoms with Crippen molar-refractivity contribution in [1.29, 1.82) is 0 Å². The molecule has 0 atom stereocenters. The summed E-state index contributed by atoms with van der Waals surface area (Å²) in [5.74, 6) is -0.303. The van der Waals surface area contributed by atoms with Crippen molar-refractivity contribution in [1.82, 2.24) is 15.4 Å². The highest BCUT2D eigenvalue weighted by atomic mass is 16.2. The number of hydrazine groups is 1. The molecule has 0 saturated carbocycles. The zero-order valence-electron chi connectivity index (χ0n) is 16.9. The molecule has 0 bridgehead atoms. The molecule has 3 aromatic carbocycles. The van der Waals surface area contributed by atoms with Crippen LogP contribution in [0.25, 0.3) is 10.8 Å². The molecule has 1 heterocycles. The highest BCUT2D eigenvalue weighted by Gasteiger charge is 2.19. The summed E-state index contributed by atoms with van der Waals surface area (Å²) in [5, 5.41) is 2.95. The second-order valence-electron chi connectivity index (χ2n) is 7.13. The first-order chi connectivity index (χ1) is 15.1. The van der Waals surface area contributed by atoms with Crippen molar-refractivity contribution in [2.24, 2.45) is 0 Å². The highest BCUT2D eigenvalue weighted by Crippen LogP contribution is 2.20. The summed E-state index contributed by atoms with van der Waals surface area (Å²) in [6, 6.07) is 25.8. The van der Waals surface area contributed by atoms with Crippen LogP contribution < -0.4 is 11.2 Å². The summed E-state index contributed by atoms with van der Waals surface area (Å²) in [7, 11) is 0. The molecule has 0 unspecified atom stereocenters.